The summed E-state index contributed by atoms with van der Waals surface area (Å²) in [6, 6.07) is 17.4. The molecule has 0 aromatic heterocycles. The lowest BCUT2D eigenvalue weighted by Gasteiger charge is -2.12. The van der Waals surface area contributed by atoms with Crippen molar-refractivity contribution >= 4 is 52.5 Å². The normalized spacial score (nSPS) is 10.4. The fourth-order valence-electron chi connectivity index (χ4n) is 2.85. The van der Waals surface area contributed by atoms with Gasteiger partial charge in [-0.25, -0.2) is 4.39 Å². The average Bonchev–Trinajstić information content (AvgIpc) is 2.81. The van der Waals surface area contributed by atoms with Gasteiger partial charge in [0.05, 0.1) is 17.9 Å². The maximum atomic E-state index is 13.0. The molecule has 0 saturated heterocycles. The summed E-state index contributed by atoms with van der Waals surface area (Å²) in [5.41, 5.74) is 2.14. The molecule has 0 unspecified atom stereocenters. The van der Waals surface area contributed by atoms with Gasteiger partial charge in [-0.05, 0) is 61.0 Å². The number of halogens is 2. The lowest BCUT2D eigenvalue weighted by Crippen LogP contribution is -2.33. The van der Waals surface area contributed by atoms with E-state index in [0.29, 0.717) is 26.9 Å². The van der Waals surface area contributed by atoms with Crippen LogP contribution in [0.5, 0.6) is 0 Å². The van der Waals surface area contributed by atoms with Crippen molar-refractivity contribution in [3.63, 3.8) is 0 Å². The highest BCUT2D eigenvalue weighted by molar-refractivity contribution is 8.00. The first-order valence-corrected chi connectivity index (χ1v) is 11.3. The van der Waals surface area contributed by atoms with Crippen LogP contribution in [-0.2, 0) is 9.59 Å². The van der Waals surface area contributed by atoms with Crippen molar-refractivity contribution in [3.8, 4) is 0 Å². The number of anilines is 2. The third-order valence-corrected chi connectivity index (χ3v) is 6.05. The van der Waals surface area contributed by atoms with Gasteiger partial charge in [0.15, 0.2) is 0 Å². The van der Waals surface area contributed by atoms with Gasteiger partial charge in [0.25, 0.3) is 5.91 Å². The minimum atomic E-state index is -0.435. The second kappa shape index (κ2) is 11.5. The molecule has 3 amide bonds. The fraction of sp³-hybridized carbons (Fsp3) is 0.125. The topological polar surface area (TPSA) is 87.3 Å². The van der Waals surface area contributed by atoms with Crippen molar-refractivity contribution in [1.29, 1.82) is 0 Å². The summed E-state index contributed by atoms with van der Waals surface area (Å²) in [7, 11) is 0. The highest BCUT2D eigenvalue weighted by Crippen LogP contribution is 2.24. The fourth-order valence-corrected chi connectivity index (χ4v) is 3.87. The minimum absolute atomic E-state index is 0.0518. The predicted octanol–water partition coefficient (Wildman–Crippen LogP) is 4.89. The third kappa shape index (κ3) is 7.06. The number of nitrogens with one attached hydrogen (secondary N) is 3. The molecule has 3 rings (SSSR count). The minimum Gasteiger partial charge on any atom is -0.343 e. The van der Waals surface area contributed by atoms with E-state index >= 15 is 0 Å². The zero-order valence-corrected chi connectivity index (χ0v) is 19.2. The number of hydrogen-bond acceptors (Lipinski definition) is 4. The summed E-state index contributed by atoms with van der Waals surface area (Å²) >= 11 is 7.24. The second-order valence-corrected chi connectivity index (χ2v) is 8.41. The van der Waals surface area contributed by atoms with E-state index in [1.807, 2.05) is 0 Å². The molecular formula is C24H21ClFN3O3S. The Morgan fingerprint density at radius 2 is 1.64 bits per heavy atom. The summed E-state index contributed by atoms with van der Waals surface area (Å²) in [4.78, 5) is 37.7. The quantitative estimate of drug-likeness (QED) is 0.396. The van der Waals surface area contributed by atoms with Gasteiger partial charge in [0, 0.05) is 21.3 Å². The third-order valence-electron chi connectivity index (χ3n) is 4.57. The van der Waals surface area contributed by atoms with Crippen LogP contribution in [-0.4, -0.2) is 30.0 Å². The van der Waals surface area contributed by atoms with Crippen molar-refractivity contribution in [1.82, 2.24) is 5.32 Å². The number of carbonyl (C=O) groups excluding carboxylic acids is 3. The molecule has 0 heterocycles. The monoisotopic (exact) mass is 485 g/mol. The van der Waals surface area contributed by atoms with E-state index in [0.717, 1.165) is 5.56 Å². The number of carbonyl (C=O) groups is 3. The summed E-state index contributed by atoms with van der Waals surface area (Å²) < 4.78 is 13.0. The molecule has 6 nitrogen and oxygen atoms in total. The molecule has 0 bridgehead atoms. The smallest absolute Gasteiger partial charge is 0.252 e. The van der Waals surface area contributed by atoms with Gasteiger partial charge in [-0.3, -0.25) is 14.4 Å². The molecule has 0 radical (unpaired) electrons. The Labute approximate surface area is 199 Å². The van der Waals surface area contributed by atoms with Crippen LogP contribution in [0.4, 0.5) is 15.8 Å². The molecule has 0 spiro atoms. The molecular weight excluding hydrogens is 465 g/mol. The zero-order valence-electron chi connectivity index (χ0n) is 17.7. The Bertz CT molecular complexity index is 1170. The molecule has 0 aliphatic heterocycles. The van der Waals surface area contributed by atoms with Crippen molar-refractivity contribution in [2.24, 2.45) is 0 Å². The second-order valence-electron chi connectivity index (χ2n) is 6.98. The largest absolute Gasteiger partial charge is 0.343 e. The molecule has 3 N–H and O–H groups in total. The molecule has 0 saturated carbocycles. The first kappa shape index (κ1) is 24.3. The van der Waals surface area contributed by atoms with Gasteiger partial charge < -0.3 is 16.0 Å². The number of rotatable bonds is 8. The SMILES string of the molecule is Cc1c(Cl)cccc1NC(=O)CNC(=O)c1ccccc1SCC(=O)Nc1ccc(F)cc1. The first-order chi connectivity index (χ1) is 15.8. The predicted molar refractivity (Wildman–Crippen MR) is 129 cm³/mol. The summed E-state index contributed by atoms with van der Waals surface area (Å²) in [6.45, 7) is 1.56. The van der Waals surface area contributed by atoms with E-state index < -0.39 is 17.6 Å². The van der Waals surface area contributed by atoms with Crippen LogP contribution in [0.15, 0.2) is 71.6 Å². The van der Waals surface area contributed by atoms with E-state index in [9.17, 15) is 18.8 Å². The van der Waals surface area contributed by atoms with Crippen molar-refractivity contribution in [2.75, 3.05) is 22.9 Å². The van der Waals surface area contributed by atoms with Gasteiger partial charge in [-0.2, -0.15) is 0 Å². The Balaban J connectivity index is 1.54. The van der Waals surface area contributed by atoms with Crippen LogP contribution in [0.3, 0.4) is 0 Å². The molecule has 0 aliphatic rings. The molecule has 0 aliphatic carbocycles. The Morgan fingerprint density at radius 3 is 2.39 bits per heavy atom. The maximum Gasteiger partial charge on any atom is 0.252 e. The van der Waals surface area contributed by atoms with Gasteiger partial charge in [-0.1, -0.05) is 29.8 Å². The Hall–Kier alpha value is -3.36. The van der Waals surface area contributed by atoms with E-state index in [4.69, 9.17) is 11.6 Å². The zero-order chi connectivity index (χ0) is 23.8. The lowest BCUT2D eigenvalue weighted by atomic mass is 10.2. The van der Waals surface area contributed by atoms with E-state index in [-0.39, 0.29) is 18.2 Å². The summed E-state index contributed by atoms with van der Waals surface area (Å²) in [5.74, 6) is -1.46. The van der Waals surface area contributed by atoms with Gasteiger partial charge in [-0.15, -0.1) is 11.8 Å². The number of thioether (sulfide) groups is 1. The first-order valence-electron chi connectivity index (χ1n) is 9.94. The molecule has 3 aromatic rings. The summed E-state index contributed by atoms with van der Waals surface area (Å²) in [6.07, 6.45) is 0. The molecule has 33 heavy (non-hydrogen) atoms. The van der Waals surface area contributed by atoms with Crippen molar-refractivity contribution < 1.29 is 18.8 Å². The average molecular weight is 486 g/mol. The number of amides is 3. The van der Waals surface area contributed by atoms with E-state index in [1.54, 1.807) is 49.4 Å². The standard InChI is InChI=1S/C24H21ClFN3O3S/c1-15-19(25)6-4-7-20(15)29-22(30)13-27-24(32)18-5-2-3-8-21(18)33-14-23(31)28-17-11-9-16(26)10-12-17/h2-12H,13-14H2,1H3,(H,27,32)(H,28,31)(H,29,30). The molecule has 3 aromatic carbocycles. The molecule has 0 fully saturated rings. The van der Waals surface area contributed by atoms with Crippen LogP contribution < -0.4 is 16.0 Å². The van der Waals surface area contributed by atoms with Gasteiger partial charge in [0.2, 0.25) is 11.8 Å². The summed E-state index contributed by atoms with van der Waals surface area (Å²) in [5, 5.41) is 8.52. The highest BCUT2D eigenvalue weighted by atomic mass is 35.5. The maximum absolute atomic E-state index is 13.0. The number of hydrogen-bond donors (Lipinski definition) is 3. The van der Waals surface area contributed by atoms with Crippen LogP contribution >= 0.6 is 23.4 Å². The highest BCUT2D eigenvalue weighted by Gasteiger charge is 2.15. The van der Waals surface area contributed by atoms with Crippen LogP contribution in [0, 0.1) is 12.7 Å². The van der Waals surface area contributed by atoms with E-state index in [2.05, 4.69) is 16.0 Å². The van der Waals surface area contributed by atoms with E-state index in [1.165, 1.54) is 36.0 Å². The van der Waals surface area contributed by atoms with Gasteiger partial charge in [0.1, 0.15) is 5.82 Å². The van der Waals surface area contributed by atoms with Gasteiger partial charge >= 0.3 is 0 Å². The number of benzene rings is 3. The van der Waals surface area contributed by atoms with Crippen LogP contribution in [0.1, 0.15) is 15.9 Å². The van der Waals surface area contributed by atoms with Crippen molar-refractivity contribution in [3.05, 3.63) is 88.7 Å². The lowest BCUT2D eigenvalue weighted by molar-refractivity contribution is -0.115. The van der Waals surface area contributed by atoms with Crippen LogP contribution in [0.25, 0.3) is 0 Å². The van der Waals surface area contributed by atoms with Crippen LogP contribution in [0.2, 0.25) is 5.02 Å². The Kier molecular flexibility index (Phi) is 8.46. The Morgan fingerprint density at radius 1 is 0.909 bits per heavy atom. The van der Waals surface area contributed by atoms with Crippen molar-refractivity contribution in [2.45, 2.75) is 11.8 Å². The molecule has 0 atom stereocenters. The molecule has 170 valence electrons. The molecule has 9 heteroatoms.